The third-order valence-corrected chi connectivity index (χ3v) is 4.07. The zero-order valence-corrected chi connectivity index (χ0v) is 11.9. The van der Waals surface area contributed by atoms with E-state index < -0.39 is 0 Å². The normalized spacial score (nSPS) is 22.3. The molecule has 1 aromatic rings. The Hall–Kier alpha value is -0.860. The molecule has 18 heavy (non-hydrogen) atoms. The predicted octanol–water partition coefficient (Wildman–Crippen LogP) is 2.99. The van der Waals surface area contributed by atoms with Crippen molar-refractivity contribution in [2.24, 2.45) is 5.92 Å². The van der Waals surface area contributed by atoms with Crippen LogP contribution in [0.5, 0.6) is 0 Å². The summed E-state index contributed by atoms with van der Waals surface area (Å²) in [6, 6.07) is 9.27. The van der Waals surface area contributed by atoms with Crippen molar-refractivity contribution in [3.63, 3.8) is 0 Å². The highest BCUT2D eigenvalue weighted by Crippen LogP contribution is 2.18. The highest BCUT2D eigenvalue weighted by molar-refractivity contribution is 5.24. The van der Waals surface area contributed by atoms with Gasteiger partial charge in [-0.1, -0.05) is 36.8 Å². The van der Waals surface area contributed by atoms with Crippen LogP contribution in [0.4, 0.5) is 0 Å². The van der Waals surface area contributed by atoms with Crippen molar-refractivity contribution in [2.75, 3.05) is 26.2 Å². The fraction of sp³-hybridized carbons (Fsp3) is 0.625. The number of likely N-dealkylation sites (tertiary alicyclic amines) is 1. The first-order valence-electron chi connectivity index (χ1n) is 7.21. The second-order valence-electron chi connectivity index (χ2n) is 5.59. The topological polar surface area (TPSA) is 15.3 Å². The average Bonchev–Trinajstić information content (AvgIpc) is 2.84. The van der Waals surface area contributed by atoms with Crippen LogP contribution < -0.4 is 5.32 Å². The number of nitrogens with zero attached hydrogens (tertiary/aromatic N) is 1. The Labute approximate surface area is 111 Å². The van der Waals surface area contributed by atoms with Gasteiger partial charge in [-0.2, -0.15) is 0 Å². The molecule has 1 aromatic carbocycles. The van der Waals surface area contributed by atoms with E-state index in [1.807, 2.05) is 0 Å². The van der Waals surface area contributed by atoms with Crippen LogP contribution in [0.1, 0.15) is 37.4 Å². The van der Waals surface area contributed by atoms with Gasteiger partial charge in [-0.3, -0.25) is 0 Å². The summed E-state index contributed by atoms with van der Waals surface area (Å²) in [5.41, 5.74) is 2.75. The van der Waals surface area contributed by atoms with E-state index in [9.17, 15) is 0 Å². The molecule has 0 aliphatic carbocycles. The molecule has 2 unspecified atom stereocenters. The molecule has 1 heterocycles. The largest absolute Gasteiger partial charge is 0.310 e. The molecule has 0 radical (unpaired) electrons. The van der Waals surface area contributed by atoms with Gasteiger partial charge in [0.1, 0.15) is 0 Å². The van der Waals surface area contributed by atoms with Gasteiger partial charge in [0.15, 0.2) is 0 Å². The van der Waals surface area contributed by atoms with Gasteiger partial charge in [-0.15, -0.1) is 0 Å². The number of aryl methyl sites for hydroxylation is 1. The molecule has 0 saturated carbocycles. The monoisotopic (exact) mass is 246 g/mol. The van der Waals surface area contributed by atoms with E-state index in [2.05, 4.69) is 55.3 Å². The molecule has 1 aliphatic heterocycles. The number of benzene rings is 1. The van der Waals surface area contributed by atoms with Crippen LogP contribution in [-0.4, -0.2) is 31.1 Å². The minimum absolute atomic E-state index is 0.459. The van der Waals surface area contributed by atoms with E-state index in [-0.39, 0.29) is 0 Å². The number of nitrogens with one attached hydrogen (secondary N) is 1. The lowest BCUT2D eigenvalue weighted by molar-refractivity contribution is 0.336. The molecular formula is C16H26N2. The van der Waals surface area contributed by atoms with Crippen LogP contribution in [0.25, 0.3) is 0 Å². The molecule has 2 rings (SSSR count). The maximum Gasteiger partial charge on any atom is 0.0292 e. The van der Waals surface area contributed by atoms with Crippen molar-refractivity contribution in [1.29, 1.82) is 0 Å². The summed E-state index contributed by atoms with van der Waals surface area (Å²) in [7, 11) is 0. The van der Waals surface area contributed by atoms with Crippen LogP contribution in [0.2, 0.25) is 0 Å². The highest BCUT2D eigenvalue weighted by Gasteiger charge is 2.21. The first kappa shape index (κ1) is 13.6. The SMILES string of the molecule is CCN1CCC(CNC(C)c2cccc(C)c2)C1. The molecule has 0 aromatic heterocycles. The fourth-order valence-corrected chi connectivity index (χ4v) is 2.77. The molecule has 2 heteroatoms. The van der Waals surface area contributed by atoms with Crippen molar-refractivity contribution in [2.45, 2.75) is 33.2 Å². The molecule has 1 aliphatic rings. The minimum atomic E-state index is 0.459. The summed E-state index contributed by atoms with van der Waals surface area (Å²) < 4.78 is 0. The summed E-state index contributed by atoms with van der Waals surface area (Å²) in [6.45, 7) is 11.6. The van der Waals surface area contributed by atoms with Gasteiger partial charge in [0, 0.05) is 12.6 Å². The number of hydrogen-bond acceptors (Lipinski definition) is 2. The lowest BCUT2D eigenvalue weighted by atomic mass is 10.0. The van der Waals surface area contributed by atoms with Crippen LogP contribution in [0.3, 0.4) is 0 Å². The van der Waals surface area contributed by atoms with E-state index in [4.69, 9.17) is 0 Å². The van der Waals surface area contributed by atoms with Crippen molar-refractivity contribution >= 4 is 0 Å². The minimum Gasteiger partial charge on any atom is -0.310 e. The van der Waals surface area contributed by atoms with Gasteiger partial charge in [0.05, 0.1) is 0 Å². The standard InChI is InChI=1S/C16H26N2/c1-4-18-9-8-15(12-18)11-17-14(3)16-7-5-6-13(2)10-16/h5-7,10,14-15,17H,4,8-9,11-12H2,1-3H3. The third kappa shape index (κ3) is 3.56. The molecule has 1 N–H and O–H groups in total. The molecule has 1 fully saturated rings. The summed E-state index contributed by atoms with van der Waals surface area (Å²) in [5.74, 6) is 0.831. The van der Waals surface area contributed by atoms with E-state index >= 15 is 0 Å². The molecule has 0 bridgehead atoms. The van der Waals surface area contributed by atoms with E-state index in [1.165, 1.54) is 37.2 Å². The van der Waals surface area contributed by atoms with Crippen molar-refractivity contribution in [3.8, 4) is 0 Å². The number of rotatable bonds is 5. The molecule has 100 valence electrons. The maximum atomic E-state index is 3.69. The second-order valence-corrected chi connectivity index (χ2v) is 5.59. The Balaban J connectivity index is 1.80. The molecule has 2 nitrogen and oxygen atoms in total. The van der Waals surface area contributed by atoms with Crippen LogP contribution >= 0.6 is 0 Å². The van der Waals surface area contributed by atoms with Gasteiger partial charge in [-0.25, -0.2) is 0 Å². The number of hydrogen-bond donors (Lipinski definition) is 1. The summed E-state index contributed by atoms with van der Waals surface area (Å²) in [5, 5.41) is 3.69. The van der Waals surface area contributed by atoms with Gasteiger partial charge < -0.3 is 10.2 Å². The third-order valence-electron chi connectivity index (χ3n) is 4.07. The smallest absolute Gasteiger partial charge is 0.0292 e. The van der Waals surface area contributed by atoms with Crippen LogP contribution in [0.15, 0.2) is 24.3 Å². The van der Waals surface area contributed by atoms with E-state index in [0.717, 1.165) is 12.5 Å². The Kier molecular flexibility index (Phi) is 4.79. The van der Waals surface area contributed by atoms with Crippen LogP contribution in [0, 0.1) is 12.8 Å². The van der Waals surface area contributed by atoms with Gasteiger partial charge in [0.2, 0.25) is 0 Å². The Bertz CT molecular complexity index is 375. The van der Waals surface area contributed by atoms with Gasteiger partial charge >= 0.3 is 0 Å². The van der Waals surface area contributed by atoms with Gasteiger partial charge in [-0.05, 0) is 51.4 Å². The summed E-state index contributed by atoms with van der Waals surface area (Å²) >= 11 is 0. The maximum absolute atomic E-state index is 3.69. The zero-order valence-electron chi connectivity index (χ0n) is 11.9. The van der Waals surface area contributed by atoms with Crippen molar-refractivity contribution < 1.29 is 0 Å². The zero-order chi connectivity index (χ0) is 13.0. The van der Waals surface area contributed by atoms with E-state index in [0.29, 0.717) is 6.04 Å². The van der Waals surface area contributed by atoms with Gasteiger partial charge in [0.25, 0.3) is 0 Å². The lowest BCUT2D eigenvalue weighted by Crippen LogP contribution is -2.28. The van der Waals surface area contributed by atoms with Crippen LogP contribution in [-0.2, 0) is 0 Å². The Morgan fingerprint density at radius 2 is 2.28 bits per heavy atom. The summed E-state index contributed by atoms with van der Waals surface area (Å²) in [4.78, 5) is 2.55. The van der Waals surface area contributed by atoms with Crippen molar-refractivity contribution in [3.05, 3.63) is 35.4 Å². The van der Waals surface area contributed by atoms with Crippen molar-refractivity contribution in [1.82, 2.24) is 10.2 Å². The molecule has 0 spiro atoms. The first-order chi connectivity index (χ1) is 8.69. The quantitative estimate of drug-likeness (QED) is 0.859. The average molecular weight is 246 g/mol. The summed E-state index contributed by atoms with van der Waals surface area (Å²) in [6.07, 6.45) is 1.35. The van der Waals surface area contributed by atoms with E-state index in [1.54, 1.807) is 0 Å². The molecular weight excluding hydrogens is 220 g/mol. The lowest BCUT2D eigenvalue weighted by Gasteiger charge is -2.18. The molecule has 1 saturated heterocycles. The molecule has 0 amide bonds. The second kappa shape index (κ2) is 6.35. The molecule has 2 atom stereocenters. The highest BCUT2D eigenvalue weighted by atomic mass is 15.1. The Morgan fingerprint density at radius 1 is 1.44 bits per heavy atom. The fourth-order valence-electron chi connectivity index (χ4n) is 2.77. The predicted molar refractivity (Wildman–Crippen MR) is 77.8 cm³/mol. The Morgan fingerprint density at radius 3 is 2.94 bits per heavy atom. The first-order valence-corrected chi connectivity index (χ1v) is 7.21.